The van der Waals surface area contributed by atoms with Gasteiger partial charge in [-0.25, -0.2) is 8.42 Å². The summed E-state index contributed by atoms with van der Waals surface area (Å²) in [5.41, 5.74) is -0.163. The summed E-state index contributed by atoms with van der Waals surface area (Å²) < 4.78 is 67.0. The molecule has 0 spiro atoms. The van der Waals surface area contributed by atoms with Crippen molar-refractivity contribution in [2.75, 3.05) is 23.7 Å². The van der Waals surface area contributed by atoms with E-state index in [1.807, 2.05) is 25.1 Å². The van der Waals surface area contributed by atoms with Gasteiger partial charge in [-0.1, -0.05) is 85.6 Å². The number of nitrogens with zero attached hydrogens (tertiary/aromatic N) is 2. The first-order valence-corrected chi connectivity index (χ1v) is 15.5. The zero-order valence-corrected chi connectivity index (χ0v) is 24.8. The van der Waals surface area contributed by atoms with Crippen molar-refractivity contribution in [3.05, 3.63) is 101 Å². The van der Waals surface area contributed by atoms with Crippen molar-refractivity contribution in [2.45, 2.75) is 44.9 Å². The van der Waals surface area contributed by atoms with Gasteiger partial charge in [0.1, 0.15) is 12.6 Å². The zero-order valence-electron chi connectivity index (χ0n) is 23.3. The number of nitrogens with one attached hydrogen (secondary N) is 1. The monoisotopic (exact) mass is 623 g/mol. The first-order chi connectivity index (χ1) is 19.8. The molecular weight excluding hydrogens is 591 g/mol. The Morgan fingerprint density at radius 1 is 0.952 bits per heavy atom. The molecule has 42 heavy (non-hydrogen) atoms. The number of sulfonamides is 1. The molecule has 0 aliphatic rings. The Morgan fingerprint density at radius 3 is 2.10 bits per heavy atom. The molecule has 0 aromatic heterocycles. The van der Waals surface area contributed by atoms with E-state index in [0.717, 1.165) is 36.8 Å². The lowest BCUT2D eigenvalue weighted by molar-refractivity contribution is -0.140. The number of carbonyl (C=O) groups excluding carboxylic acids is 2. The maximum atomic E-state index is 14.0. The van der Waals surface area contributed by atoms with E-state index in [9.17, 15) is 31.2 Å². The Hall–Kier alpha value is -3.57. The van der Waals surface area contributed by atoms with Gasteiger partial charge in [-0.15, -0.1) is 0 Å². The number of alkyl halides is 3. The van der Waals surface area contributed by atoms with Crippen LogP contribution < -0.4 is 9.62 Å². The lowest BCUT2D eigenvalue weighted by Gasteiger charge is -2.33. The Balaban J connectivity index is 2.06. The third kappa shape index (κ3) is 9.22. The molecule has 7 nitrogen and oxygen atoms in total. The van der Waals surface area contributed by atoms with Gasteiger partial charge in [-0.3, -0.25) is 13.9 Å². The van der Waals surface area contributed by atoms with Crippen LogP contribution in [0.15, 0.2) is 78.9 Å². The minimum atomic E-state index is -4.85. The highest BCUT2D eigenvalue weighted by molar-refractivity contribution is 7.92. The molecule has 1 N–H and O–H groups in total. The Bertz CT molecular complexity index is 1460. The van der Waals surface area contributed by atoms with E-state index in [1.54, 1.807) is 42.5 Å². The molecule has 0 aliphatic heterocycles. The third-order valence-corrected chi connectivity index (χ3v) is 7.99. The number of hydrogen-bond donors (Lipinski definition) is 1. The van der Waals surface area contributed by atoms with Gasteiger partial charge in [0.15, 0.2) is 0 Å². The van der Waals surface area contributed by atoms with E-state index in [-0.39, 0.29) is 18.7 Å². The van der Waals surface area contributed by atoms with Gasteiger partial charge >= 0.3 is 6.18 Å². The lowest BCUT2D eigenvalue weighted by Crippen LogP contribution is -2.53. The normalized spacial score (nSPS) is 12.4. The summed E-state index contributed by atoms with van der Waals surface area (Å²) >= 11 is 5.74. The van der Waals surface area contributed by atoms with Crippen molar-refractivity contribution in [1.82, 2.24) is 10.2 Å². The van der Waals surface area contributed by atoms with Crippen LogP contribution in [-0.2, 0) is 38.8 Å². The molecule has 0 unspecified atom stereocenters. The Labute approximate surface area is 249 Å². The van der Waals surface area contributed by atoms with Crippen LogP contribution >= 0.6 is 11.6 Å². The smallest absolute Gasteiger partial charge is 0.354 e. The van der Waals surface area contributed by atoms with Crippen molar-refractivity contribution in [1.29, 1.82) is 0 Å². The maximum Gasteiger partial charge on any atom is 0.417 e. The number of benzene rings is 3. The predicted molar refractivity (Wildman–Crippen MR) is 157 cm³/mol. The molecule has 3 aromatic carbocycles. The first kappa shape index (κ1) is 32.9. The molecular formula is C30H33ClF3N3O4S. The largest absolute Gasteiger partial charge is 0.417 e. The molecule has 0 bridgehead atoms. The number of anilines is 1. The molecule has 0 radical (unpaired) electrons. The van der Waals surface area contributed by atoms with E-state index in [4.69, 9.17) is 11.6 Å². The molecule has 0 fully saturated rings. The zero-order chi connectivity index (χ0) is 30.9. The van der Waals surface area contributed by atoms with Crippen LogP contribution in [0.1, 0.15) is 36.5 Å². The molecule has 3 aromatic rings. The summed E-state index contributed by atoms with van der Waals surface area (Å²) in [6.07, 6.45) is -2.37. The van der Waals surface area contributed by atoms with Crippen LogP contribution in [0.4, 0.5) is 18.9 Å². The van der Waals surface area contributed by atoms with E-state index >= 15 is 0 Å². The molecule has 1 atom stereocenters. The Kier molecular flexibility index (Phi) is 11.4. The minimum Gasteiger partial charge on any atom is -0.354 e. The highest BCUT2D eigenvalue weighted by Gasteiger charge is 2.36. The van der Waals surface area contributed by atoms with Gasteiger partial charge in [0.2, 0.25) is 21.8 Å². The second-order valence-corrected chi connectivity index (χ2v) is 12.1. The lowest BCUT2D eigenvalue weighted by atomic mass is 10.0. The van der Waals surface area contributed by atoms with Crippen molar-refractivity contribution in [3.8, 4) is 0 Å². The van der Waals surface area contributed by atoms with E-state index in [2.05, 4.69) is 5.32 Å². The van der Waals surface area contributed by atoms with Crippen molar-refractivity contribution in [2.24, 2.45) is 0 Å². The van der Waals surface area contributed by atoms with E-state index in [0.29, 0.717) is 22.5 Å². The average Bonchev–Trinajstić information content (AvgIpc) is 2.94. The van der Waals surface area contributed by atoms with E-state index in [1.165, 1.54) is 4.90 Å². The number of halogens is 4. The number of rotatable bonds is 13. The van der Waals surface area contributed by atoms with Crippen LogP contribution in [0.5, 0.6) is 0 Å². The van der Waals surface area contributed by atoms with Crippen LogP contribution in [-0.4, -0.2) is 50.5 Å². The number of amides is 2. The average molecular weight is 624 g/mol. The quantitative estimate of drug-likeness (QED) is 0.248. The van der Waals surface area contributed by atoms with Gasteiger partial charge in [0.05, 0.1) is 22.5 Å². The fourth-order valence-electron chi connectivity index (χ4n) is 4.34. The fraction of sp³-hybridized carbons (Fsp3) is 0.333. The number of unbranched alkanes of at least 4 members (excludes halogenated alkanes) is 1. The third-order valence-electron chi connectivity index (χ3n) is 6.52. The summed E-state index contributed by atoms with van der Waals surface area (Å²) in [6.45, 7) is 1.48. The second kappa shape index (κ2) is 14.6. The summed E-state index contributed by atoms with van der Waals surface area (Å²) in [5.74, 6) is -1.19. The molecule has 0 saturated heterocycles. The van der Waals surface area contributed by atoms with E-state index < -0.39 is 51.2 Å². The standard InChI is InChI=1S/C30H33ClF3N3O4S/c1-3-4-17-35-29(39)27(18-22-11-7-5-8-12-22)36(20-23-13-9-6-10-14-23)28(38)21-37(42(2,40)41)24-15-16-26(31)25(19-24)30(32,33)34/h5-16,19,27H,3-4,17-18,20-21H2,1-2H3,(H,35,39)/t27-/m1/s1. The van der Waals surface area contributed by atoms with Gasteiger partial charge in [-0.05, 0) is 35.7 Å². The predicted octanol–water partition coefficient (Wildman–Crippen LogP) is 5.68. The van der Waals surface area contributed by atoms with Gasteiger partial charge in [0, 0.05) is 19.5 Å². The second-order valence-electron chi connectivity index (χ2n) is 9.79. The molecule has 3 rings (SSSR count). The molecule has 0 aliphatic carbocycles. The summed E-state index contributed by atoms with van der Waals surface area (Å²) in [6, 6.07) is 19.5. The van der Waals surface area contributed by atoms with Crippen molar-refractivity contribution >= 4 is 39.1 Å². The first-order valence-electron chi connectivity index (χ1n) is 13.3. The van der Waals surface area contributed by atoms with Crippen LogP contribution in [0.25, 0.3) is 0 Å². The summed E-state index contributed by atoms with van der Waals surface area (Å²) in [7, 11) is -4.24. The van der Waals surface area contributed by atoms with Crippen LogP contribution in [0.3, 0.4) is 0 Å². The molecule has 12 heteroatoms. The van der Waals surface area contributed by atoms with Gasteiger partial charge < -0.3 is 10.2 Å². The van der Waals surface area contributed by atoms with Crippen LogP contribution in [0, 0.1) is 0 Å². The topological polar surface area (TPSA) is 86.8 Å². The molecule has 0 heterocycles. The fourth-order valence-corrected chi connectivity index (χ4v) is 5.41. The van der Waals surface area contributed by atoms with Crippen LogP contribution in [0.2, 0.25) is 5.02 Å². The summed E-state index contributed by atoms with van der Waals surface area (Å²) in [4.78, 5) is 28.8. The summed E-state index contributed by atoms with van der Waals surface area (Å²) in [5, 5.41) is 2.26. The molecule has 0 saturated carbocycles. The minimum absolute atomic E-state index is 0.0373. The number of hydrogen-bond acceptors (Lipinski definition) is 4. The van der Waals surface area contributed by atoms with Crippen molar-refractivity contribution < 1.29 is 31.2 Å². The van der Waals surface area contributed by atoms with Crippen molar-refractivity contribution in [3.63, 3.8) is 0 Å². The highest BCUT2D eigenvalue weighted by Crippen LogP contribution is 2.37. The number of carbonyl (C=O) groups is 2. The van der Waals surface area contributed by atoms with Gasteiger partial charge in [0.25, 0.3) is 0 Å². The maximum absolute atomic E-state index is 14.0. The Morgan fingerprint density at radius 2 is 1.55 bits per heavy atom. The molecule has 2 amide bonds. The SMILES string of the molecule is CCCCNC(=O)[C@@H](Cc1ccccc1)N(Cc1ccccc1)C(=O)CN(c1ccc(Cl)c(C(F)(F)F)c1)S(C)(=O)=O. The highest BCUT2D eigenvalue weighted by atomic mass is 35.5. The van der Waals surface area contributed by atoms with Gasteiger partial charge in [-0.2, -0.15) is 13.2 Å². The molecule has 226 valence electrons.